The Morgan fingerprint density at radius 1 is 0.880 bits per heavy atom. The van der Waals surface area contributed by atoms with Crippen molar-refractivity contribution in [1.82, 2.24) is 4.90 Å². The van der Waals surface area contributed by atoms with Gasteiger partial charge >= 0.3 is 0 Å². The number of amides is 1. The molecule has 1 saturated heterocycles. The van der Waals surface area contributed by atoms with Crippen LogP contribution in [0.2, 0.25) is 0 Å². The van der Waals surface area contributed by atoms with Gasteiger partial charge in [0.25, 0.3) is 5.91 Å². The first-order valence-electron chi connectivity index (χ1n) is 8.68. The molecule has 0 N–H and O–H groups in total. The molecule has 2 aromatic rings. The van der Waals surface area contributed by atoms with E-state index >= 15 is 0 Å². The average molecular weight is 333 g/mol. The Kier molecular flexibility index (Phi) is 3.75. The highest BCUT2D eigenvalue weighted by Crippen LogP contribution is 2.28. The van der Waals surface area contributed by atoms with Gasteiger partial charge in [-0.25, -0.2) is 0 Å². The van der Waals surface area contributed by atoms with Crippen molar-refractivity contribution < 1.29 is 14.4 Å². The van der Waals surface area contributed by atoms with Crippen LogP contribution in [0.1, 0.15) is 62.0 Å². The summed E-state index contributed by atoms with van der Waals surface area (Å²) in [5, 5.41) is 0. The first-order valence-corrected chi connectivity index (χ1v) is 8.68. The third kappa shape index (κ3) is 2.58. The van der Waals surface area contributed by atoms with Gasteiger partial charge in [-0.1, -0.05) is 31.2 Å². The van der Waals surface area contributed by atoms with E-state index < -0.39 is 0 Å². The molecule has 1 aliphatic heterocycles. The Morgan fingerprint density at radius 3 is 2.08 bits per heavy atom. The van der Waals surface area contributed by atoms with E-state index in [-0.39, 0.29) is 17.5 Å². The Balaban J connectivity index is 1.69. The van der Waals surface area contributed by atoms with Gasteiger partial charge in [0.2, 0.25) is 0 Å². The quantitative estimate of drug-likeness (QED) is 0.686. The van der Waals surface area contributed by atoms with Crippen molar-refractivity contribution in [3.05, 3.63) is 70.3 Å². The molecule has 25 heavy (non-hydrogen) atoms. The highest BCUT2D eigenvalue weighted by atomic mass is 16.2. The van der Waals surface area contributed by atoms with Gasteiger partial charge in [0.1, 0.15) is 0 Å². The van der Waals surface area contributed by atoms with Crippen LogP contribution in [0.15, 0.2) is 42.5 Å². The Morgan fingerprint density at radius 2 is 1.44 bits per heavy atom. The molecule has 0 atom stereocenters. The van der Waals surface area contributed by atoms with Gasteiger partial charge in [-0.3, -0.25) is 14.4 Å². The number of carbonyl (C=O) groups excluding carboxylic acids is 3. The molecule has 1 fully saturated rings. The maximum absolute atomic E-state index is 12.8. The van der Waals surface area contributed by atoms with Crippen molar-refractivity contribution >= 4 is 17.5 Å². The minimum atomic E-state index is -0.188. The number of ketones is 2. The van der Waals surface area contributed by atoms with Gasteiger partial charge in [-0.05, 0) is 37.0 Å². The van der Waals surface area contributed by atoms with Crippen LogP contribution >= 0.6 is 0 Å². The monoisotopic (exact) mass is 333 g/mol. The fourth-order valence-corrected chi connectivity index (χ4v) is 3.63. The van der Waals surface area contributed by atoms with E-state index in [1.54, 1.807) is 42.5 Å². The number of fused-ring (bicyclic) bond motifs is 2. The van der Waals surface area contributed by atoms with Crippen molar-refractivity contribution in [3.63, 3.8) is 0 Å². The van der Waals surface area contributed by atoms with Gasteiger partial charge in [0.05, 0.1) is 0 Å². The Bertz CT molecular complexity index is 892. The van der Waals surface area contributed by atoms with Crippen LogP contribution in [0.25, 0.3) is 0 Å². The zero-order valence-electron chi connectivity index (χ0n) is 14.1. The topological polar surface area (TPSA) is 54.5 Å². The highest BCUT2D eigenvalue weighted by molar-refractivity contribution is 6.28. The highest BCUT2D eigenvalue weighted by Gasteiger charge is 2.30. The molecule has 2 aromatic carbocycles. The summed E-state index contributed by atoms with van der Waals surface area (Å²) >= 11 is 0. The summed E-state index contributed by atoms with van der Waals surface area (Å²) in [6.45, 7) is 3.68. The van der Waals surface area contributed by atoms with Crippen LogP contribution in [-0.4, -0.2) is 35.5 Å². The summed E-state index contributed by atoms with van der Waals surface area (Å²) in [7, 11) is 0. The lowest BCUT2D eigenvalue weighted by atomic mass is 9.83. The second-order valence-electron chi connectivity index (χ2n) is 6.94. The lowest BCUT2D eigenvalue weighted by molar-refractivity contribution is 0.0697. The summed E-state index contributed by atoms with van der Waals surface area (Å²) in [6.07, 6.45) is 2.00. The molecule has 1 heterocycles. The van der Waals surface area contributed by atoms with Gasteiger partial charge in [0.15, 0.2) is 11.6 Å². The number of nitrogens with zero attached hydrogens (tertiary/aromatic N) is 1. The molecule has 4 nitrogen and oxygen atoms in total. The van der Waals surface area contributed by atoms with E-state index in [9.17, 15) is 14.4 Å². The number of rotatable bonds is 1. The molecule has 0 bridgehead atoms. The van der Waals surface area contributed by atoms with Crippen molar-refractivity contribution in [2.45, 2.75) is 19.8 Å². The standard InChI is InChI=1S/C21H19NO3/c1-13-8-10-22(11-9-13)21(25)14-6-7-17-18(12-14)20(24)16-5-3-2-4-15(16)19(17)23/h2-7,12-13H,8-11H2,1H3. The van der Waals surface area contributed by atoms with Crippen LogP contribution in [0.4, 0.5) is 0 Å². The summed E-state index contributed by atoms with van der Waals surface area (Å²) in [4.78, 5) is 40.0. The predicted molar refractivity (Wildman–Crippen MR) is 94.1 cm³/mol. The van der Waals surface area contributed by atoms with E-state index in [0.29, 0.717) is 33.7 Å². The summed E-state index contributed by atoms with van der Waals surface area (Å²) in [6, 6.07) is 11.7. The summed E-state index contributed by atoms with van der Waals surface area (Å²) in [5.74, 6) is 0.236. The zero-order valence-corrected chi connectivity index (χ0v) is 14.1. The minimum Gasteiger partial charge on any atom is -0.339 e. The molecule has 0 spiro atoms. The van der Waals surface area contributed by atoms with E-state index in [0.717, 1.165) is 25.9 Å². The smallest absolute Gasteiger partial charge is 0.253 e. The number of benzene rings is 2. The average Bonchev–Trinajstić information content (AvgIpc) is 2.66. The van der Waals surface area contributed by atoms with E-state index in [4.69, 9.17) is 0 Å². The van der Waals surface area contributed by atoms with Gasteiger partial charge < -0.3 is 4.90 Å². The second-order valence-corrected chi connectivity index (χ2v) is 6.94. The van der Waals surface area contributed by atoms with Crippen molar-refractivity contribution in [2.75, 3.05) is 13.1 Å². The molecule has 0 unspecified atom stereocenters. The lowest BCUT2D eigenvalue weighted by Gasteiger charge is -2.30. The van der Waals surface area contributed by atoms with E-state index in [1.165, 1.54) is 0 Å². The molecule has 126 valence electrons. The van der Waals surface area contributed by atoms with Crippen molar-refractivity contribution in [2.24, 2.45) is 5.92 Å². The zero-order chi connectivity index (χ0) is 17.6. The number of piperidine rings is 1. The number of hydrogen-bond acceptors (Lipinski definition) is 3. The van der Waals surface area contributed by atoms with Gasteiger partial charge in [-0.15, -0.1) is 0 Å². The molecule has 4 heteroatoms. The van der Waals surface area contributed by atoms with Crippen LogP contribution in [-0.2, 0) is 0 Å². The predicted octanol–water partition coefficient (Wildman–Crippen LogP) is 3.33. The fraction of sp³-hybridized carbons (Fsp3) is 0.286. The first kappa shape index (κ1) is 15.8. The largest absolute Gasteiger partial charge is 0.339 e. The second kappa shape index (κ2) is 5.96. The molecule has 0 aromatic heterocycles. The Labute approximate surface area is 146 Å². The van der Waals surface area contributed by atoms with Crippen molar-refractivity contribution in [1.29, 1.82) is 0 Å². The minimum absolute atomic E-state index is 0.0613. The van der Waals surface area contributed by atoms with Crippen LogP contribution in [0.3, 0.4) is 0 Å². The number of likely N-dealkylation sites (tertiary alicyclic amines) is 1. The van der Waals surface area contributed by atoms with E-state index in [2.05, 4.69) is 6.92 Å². The van der Waals surface area contributed by atoms with Crippen molar-refractivity contribution in [3.8, 4) is 0 Å². The molecule has 4 rings (SSSR count). The third-order valence-electron chi connectivity index (χ3n) is 5.24. The van der Waals surface area contributed by atoms with Gasteiger partial charge in [0, 0.05) is 40.9 Å². The van der Waals surface area contributed by atoms with E-state index in [1.807, 2.05) is 4.90 Å². The fourth-order valence-electron chi connectivity index (χ4n) is 3.63. The number of carbonyl (C=O) groups is 3. The maximum atomic E-state index is 12.8. The molecular formula is C21H19NO3. The maximum Gasteiger partial charge on any atom is 0.253 e. The molecule has 1 aliphatic carbocycles. The lowest BCUT2D eigenvalue weighted by Crippen LogP contribution is -2.38. The normalized spacial score (nSPS) is 17.2. The molecule has 2 aliphatic rings. The van der Waals surface area contributed by atoms with Crippen LogP contribution < -0.4 is 0 Å². The molecule has 0 radical (unpaired) electrons. The molecular weight excluding hydrogens is 314 g/mol. The summed E-state index contributed by atoms with van der Waals surface area (Å²) < 4.78 is 0. The number of hydrogen-bond donors (Lipinski definition) is 0. The van der Waals surface area contributed by atoms with Crippen LogP contribution in [0, 0.1) is 5.92 Å². The SMILES string of the molecule is CC1CCN(C(=O)c2ccc3c(c2)C(=O)c2ccccc2C3=O)CC1. The molecule has 0 saturated carbocycles. The summed E-state index contributed by atoms with van der Waals surface area (Å²) in [5.41, 5.74) is 2.04. The third-order valence-corrected chi connectivity index (χ3v) is 5.24. The molecule has 1 amide bonds. The first-order chi connectivity index (χ1) is 12.1. The Hall–Kier alpha value is -2.75. The van der Waals surface area contributed by atoms with Gasteiger partial charge in [-0.2, -0.15) is 0 Å². The van der Waals surface area contributed by atoms with Crippen LogP contribution in [0.5, 0.6) is 0 Å².